The summed E-state index contributed by atoms with van der Waals surface area (Å²) >= 11 is 0. The maximum absolute atomic E-state index is 11.6. The van der Waals surface area contributed by atoms with Crippen molar-refractivity contribution < 1.29 is 9.66 Å². The highest BCUT2D eigenvalue weighted by Gasteiger charge is 2.24. The Labute approximate surface area is 149 Å². The molecule has 0 saturated carbocycles. The van der Waals surface area contributed by atoms with Crippen molar-refractivity contribution in [1.29, 1.82) is 0 Å². The number of unbranched alkanes of at least 4 members (excludes halogenated alkanes) is 1. The lowest BCUT2D eigenvalue weighted by atomic mass is 10.3. The number of aromatic nitrogens is 4. The summed E-state index contributed by atoms with van der Waals surface area (Å²) in [6, 6.07) is 7.18. The van der Waals surface area contributed by atoms with Crippen molar-refractivity contribution in [3.05, 3.63) is 59.4 Å². The van der Waals surface area contributed by atoms with Gasteiger partial charge in [0.15, 0.2) is 0 Å². The highest BCUT2D eigenvalue weighted by atomic mass is 16.6. The predicted molar refractivity (Wildman–Crippen MR) is 95.9 cm³/mol. The van der Waals surface area contributed by atoms with Crippen LogP contribution in [0.25, 0.3) is 5.82 Å². The van der Waals surface area contributed by atoms with Crippen LogP contribution in [-0.4, -0.2) is 31.0 Å². The first-order valence-corrected chi connectivity index (χ1v) is 8.16. The molecule has 0 amide bonds. The van der Waals surface area contributed by atoms with E-state index in [2.05, 4.69) is 27.2 Å². The lowest BCUT2D eigenvalue weighted by Crippen LogP contribution is -2.06. The van der Waals surface area contributed by atoms with E-state index in [1.807, 2.05) is 12.1 Å². The Balaban J connectivity index is 1.83. The third-order valence-corrected chi connectivity index (χ3v) is 3.62. The Kier molecular flexibility index (Phi) is 5.37. The number of rotatable bonds is 8. The topological polar surface area (TPSA) is 108 Å². The molecule has 0 spiro atoms. The molecule has 2 heterocycles. The minimum absolute atomic E-state index is 0.105. The summed E-state index contributed by atoms with van der Waals surface area (Å²) in [6.07, 6.45) is 7.88. The molecule has 0 fully saturated rings. The van der Waals surface area contributed by atoms with Gasteiger partial charge in [-0.25, -0.2) is 15.0 Å². The van der Waals surface area contributed by atoms with Crippen LogP contribution in [0.5, 0.6) is 5.75 Å². The molecule has 0 aliphatic carbocycles. The standard InChI is InChI=1S/C17H18N6O3/c1-2-3-10-26-14-6-4-13(5-7-14)21-16-15(23(24)25)17(20-11-19-16)22-9-8-18-12-22/h4-9,11-12H,2-3,10H2,1H3,(H,19,20,21). The van der Waals surface area contributed by atoms with Gasteiger partial charge in [0, 0.05) is 18.1 Å². The highest BCUT2D eigenvalue weighted by molar-refractivity contribution is 5.70. The summed E-state index contributed by atoms with van der Waals surface area (Å²) in [4.78, 5) is 23.0. The number of nitrogens with one attached hydrogen (secondary N) is 1. The van der Waals surface area contributed by atoms with Gasteiger partial charge < -0.3 is 10.1 Å². The number of nitrogens with zero attached hydrogens (tertiary/aromatic N) is 5. The maximum atomic E-state index is 11.6. The van der Waals surface area contributed by atoms with Crippen LogP contribution in [0.15, 0.2) is 49.3 Å². The monoisotopic (exact) mass is 354 g/mol. The second-order valence-corrected chi connectivity index (χ2v) is 5.47. The van der Waals surface area contributed by atoms with Gasteiger partial charge in [0.25, 0.3) is 0 Å². The van der Waals surface area contributed by atoms with Gasteiger partial charge in [-0.05, 0) is 30.7 Å². The van der Waals surface area contributed by atoms with Crippen LogP contribution in [0.3, 0.4) is 0 Å². The molecule has 1 N–H and O–H groups in total. The van der Waals surface area contributed by atoms with Gasteiger partial charge in [-0.3, -0.25) is 14.7 Å². The van der Waals surface area contributed by atoms with Crippen LogP contribution < -0.4 is 10.1 Å². The first-order valence-electron chi connectivity index (χ1n) is 8.16. The summed E-state index contributed by atoms with van der Waals surface area (Å²) < 4.78 is 7.08. The average molecular weight is 354 g/mol. The Hall–Kier alpha value is -3.49. The predicted octanol–water partition coefficient (Wildman–Crippen LogP) is 3.49. The molecule has 0 aliphatic heterocycles. The average Bonchev–Trinajstić information content (AvgIpc) is 3.17. The van der Waals surface area contributed by atoms with Gasteiger partial charge in [0.05, 0.1) is 11.5 Å². The molecule has 3 rings (SSSR count). The largest absolute Gasteiger partial charge is 0.494 e. The Morgan fingerprint density at radius 1 is 1.27 bits per heavy atom. The zero-order valence-electron chi connectivity index (χ0n) is 14.2. The van der Waals surface area contributed by atoms with E-state index >= 15 is 0 Å². The molecule has 9 nitrogen and oxygen atoms in total. The summed E-state index contributed by atoms with van der Waals surface area (Å²) in [7, 11) is 0. The quantitative estimate of drug-likeness (QED) is 0.375. The van der Waals surface area contributed by atoms with Crippen molar-refractivity contribution in [2.75, 3.05) is 11.9 Å². The van der Waals surface area contributed by atoms with Crippen molar-refractivity contribution in [1.82, 2.24) is 19.5 Å². The van der Waals surface area contributed by atoms with Crippen molar-refractivity contribution in [2.24, 2.45) is 0 Å². The van der Waals surface area contributed by atoms with Crippen LogP contribution in [0.2, 0.25) is 0 Å². The molecule has 26 heavy (non-hydrogen) atoms. The minimum Gasteiger partial charge on any atom is -0.494 e. The van der Waals surface area contributed by atoms with Gasteiger partial charge in [-0.2, -0.15) is 0 Å². The molecule has 0 bridgehead atoms. The number of benzene rings is 1. The smallest absolute Gasteiger partial charge is 0.354 e. The van der Waals surface area contributed by atoms with E-state index in [4.69, 9.17) is 4.74 Å². The summed E-state index contributed by atoms with van der Waals surface area (Å²) in [5.74, 6) is 0.998. The fourth-order valence-electron chi connectivity index (χ4n) is 2.31. The van der Waals surface area contributed by atoms with Crippen LogP contribution in [0.1, 0.15) is 19.8 Å². The summed E-state index contributed by atoms with van der Waals surface area (Å²) in [5, 5.41) is 14.5. The Bertz CT molecular complexity index is 865. The zero-order chi connectivity index (χ0) is 18.4. The Morgan fingerprint density at radius 2 is 2.08 bits per heavy atom. The molecule has 3 aromatic rings. The maximum Gasteiger partial charge on any atom is 0.354 e. The van der Waals surface area contributed by atoms with E-state index in [9.17, 15) is 10.1 Å². The molecule has 9 heteroatoms. The van der Waals surface area contributed by atoms with Gasteiger partial charge in [-0.15, -0.1) is 0 Å². The molecule has 0 radical (unpaired) electrons. The Morgan fingerprint density at radius 3 is 2.73 bits per heavy atom. The normalized spacial score (nSPS) is 10.5. The third-order valence-electron chi connectivity index (χ3n) is 3.62. The molecule has 0 aliphatic rings. The molecule has 0 atom stereocenters. The van der Waals surface area contributed by atoms with Crippen molar-refractivity contribution in [3.63, 3.8) is 0 Å². The number of hydrogen-bond donors (Lipinski definition) is 1. The van der Waals surface area contributed by atoms with Crippen LogP contribution >= 0.6 is 0 Å². The second kappa shape index (κ2) is 8.06. The SMILES string of the molecule is CCCCOc1ccc(Nc2ncnc(-n3ccnc3)c2[N+](=O)[O-])cc1. The molecular weight excluding hydrogens is 336 g/mol. The zero-order valence-corrected chi connectivity index (χ0v) is 14.2. The first-order chi connectivity index (χ1) is 12.7. The fourth-order valence-corrected chi connectivity index (χ4v) is 2.31. The van der Waals surface area contributed by atoms with Crippen LogP contribution in [-0.2, 0) is 0 Å². The highest BCUT2D eigenvalue weighted by Crippen LogP contribution is 2.30. The van der Waals surface area contributed by atoms with Crippen LogP contribution in [0, 0.1) is 10.1 Å². The van der Waals surface area contributed by atoms with E-state index in [1.165, 1.54) is 23.4 Å². The lowest BCUT2D eigenvalue weighted by molar-refractivity contribution is -0.384. The first kappa shape index (κ1) is 17.3. The van der Waals surface area contributed by atoms with Gasteiger partial charge in [0.2, 0.25) is 11.6 Å². The summed E-state index contributed by atoms with van der Waals surface area (Å²) in [6.45, 7) is 2.76. The van der Waals surface area contributed by atoms with Crippen molar-refractivity contribution in [3.8, 4) is 11.6 Å². The summed E-state index contributed by atoms with van der Waals surface area (Å²) in [5.41, 5.74) is 0.431. The lowest BCUT2D eigenvalue weighted by Gasteiger charge is -2.10. The molecule has 2 aromatic heterocycles. The molecule has 134 valence electrons. The van der Waals surface area contributed by atoms with E-state index in [1.54, 1.807) is 18.3 Å². The van der Waals surface area contributed by atoms with Gasteiger partial charge in [0.1, 0.15) is 18.4 Å². The van der Waals surface area contributed by atoms with E-state index < -0.39 is 4.92 Å². The number of hydrogen-bond acceptors (Lipinski definition) is 7. The van der Waals surface area contributed by atoms with E-state index in [-0.39, 0.29) is 17.3 Å². The molecular formula is C17H18N6O3. The number of imidazole rings is 1. The van der Waals surface area contributed by atoms with E-state index in [0.717, 1.165) is 18.6 Å². The molecule has 1 aromatic carbocycles. The molecule has 0 unspecified atom stereocenters. The third kappa shape index (κ3) is 3.94. The number of ether oxygens (including phenoxy) is 1. The minimum atomic E-state index is -0.514. The number of anilines is 2. The van der Waals surface area contributed by atoms with Crippen LogP contribution in [0.4, 0.5) is 17.2 Å². The van der Waals surface area contributed by atoms with Crippen molar-refractivity contribution in [2.45, 2.75) is 19.8 Å². The van der Waals surface area contributed by atoms with E-state index in [0.29, 0.717) is 12.3 Å². The number of nitro groups is 1. The second-order valence-electron chi connectivity index (χ2n) is 5.47. The van der Waals surface area contributed by atoms with Gasteiger partial charge in [-0.1, -0.05) is 13.3 Å². The van der Waals surface area contributed by atoms with Crippen molar-refractivity contribution >= 4 is 17.2 Å². The fraction of sp³-hybridized carbons (Fsp3) is 0.235. The molecule has 0 saturated heterocycles. The van der Waals surface area contributed by atoms with Gasteiger partial charge >= 0.3 is 5.69 Å².